The third kappa shape index (κ3) is 4.21. The number of aryl methyl sites for hydroxylation is 1. The Morgan fingerprint density at radius 1 is 1.50 bits per heavy atom. The fourth-order valence-electron chi connectivity index (χ4n) is 1.61. The van der Waals surface area contributed by atoms with Crippen molar-refractivity contribution in [1.82, 2.24) is 14.8 Å². The highest BCUT2D eigenvalue weighted by atomic mass is 16.2. The maximum Gasteiger partial charge on any atom is 0.314 e. The number of anilines is 1. The zero-order valence-electron chi connectivity index (χ0n) is 11.0. The van der Waals surface area contributed by atoms with Crippen LogP contribution in [0.5, 0.6) is 0 Å². The van der Waals surface area contributed by atoms with Crippen LogP contribution in [0.2, 0.25) is 0 Å². The normalized spacial score (nSPS) is 10.4. The molecule has 2 N–H and O–H groups in total. The number of nitrogens with zero attached hydrogens (tertiary/aromatic N) is 2. The standard InChI is InChI=1S/C12H19N4O2/c1-15(2)6-4-5-13-12(18)11-7-10(14-9-17)8-16(11)3/h7-8H,4-6H2,1-3H3,(H,13,18)(H,14,17). The van der Waals surface area contributed by atoms with Crippen LogP contribution in [0.15, 0.2) is 12.3 Å². The number of carbonyl (C=O) groups excluding carboxylic acids is 2. The van der Waals surface area contributed by atoms with Gasteiger partial charge in [0.1, 0.15) is 5.69 Å². The van der Waals surface area contributed by atoms with Crippen LogP contribution in [0, 0.1) is 0 Å². The van der Waals surface area contributed by atoms with Gasteiger partial charge >= 0.3 is 6.41 Å². The molecule has 18 heavy (non-hydrogen) atoms. The molecule has 99 valence electrons. The summed E-state index contributed by atoms with van der Waals surface area (Å²) >= 11 is 0. The summed E-state index contributed by atoms with van der Waals surface area (Å²) in [6, 6.07) is 1.62. The van der Waals surface area contributed by atoms with Gasteiger partial charge in [0.25, 0.3) is 5.91 Å². The SMILES string of the molecule is CN(C)CCCNC(=O)c1cc(N[C]=O)cn1C. The van der Waals surface area contributed by atoms with Crippen LogP contribution in [-0.2, 0) is 11.8 Å². The Balaban J connectivity index is 2.48. The second kappa shape index (κ2) is 6.80. The maximum absolute atomic E-state index is 11.9. The van der Waals surface area contributed by atoms with Gasteiger partial charge in [0, 0.05) is 19.8 Å². The van der Waals surface area contributed by atoms with Gasteiger partial charge in [0.2, 0.25) is 0 Å². The van der Waals surface area contributed by atoms with Crippen LogP contribution < -0.4 is 10.6 Å². The van der Waals surface area contributed by atoms with Crippen LogP contribution in [0.3, 0.4) is 0 Å². The average Bonchev–Trinajstić information content (AvgIpc) is 2.66. The van der Waals surface area contributed by atoms with Crippen LogP contribution in [0.1, 0.15) is 16.9 Å². The average molecular weight is 251 g/mol. The second-order valence-corrected chi connectivity index (χ2v) is 4.36. The molecule has 0 aliphatic heterocycles. The minimum atomic E-state index is -0.143. The van der Waals surface area contributed by atoms with E-state index in [4.69, 9.17) is 0 Å². The number of carbonyl (C=O) groups is 1. The van der Waals surface area contributed by atoms with Gasteiger partial charge in [-0.25, -0.2) is 0 Å². The second-order valence-electron chi connectivity index (χ2n) is 4.36. The van der Waals surface area contributed by atoms with Gasteiger partial charge in [-0.15, -0.1) is 0 Å². The highest BCUT2D eigenvalue weighted by molar-refractivity contribution is 5.94. The summed E-state index contributed by atoms with van der Waals surface area (Å²) < 4.78 is 1.67. The first-order valence-electron chi connectivity index (χ1n) is 5.77. The van der Waals surface area contributed by atoms with E-state index in [0.717, 1.165) is 13.0 Å². The molecule has 0 saturated carbocycles. The number of rotatable bonds is 7. The lowest BCUT2D eigenvalue weighted by Crippen LogP contribution is -2.28. The zero-order valence-corrected chi connectivity index (χ0v) is 11.0. The van der Waals surface area contributed by atoms with E-state index >= 15 is 0 Å². The molecule has 0 aliphatic carbocycles. The van der Waals surface area contributed by atoms with Crippen molar-refractivity contribution in [2.45, 2.75) is 6.42 Å². The summed E-state index contributed by atoms with van der Waals surface area (Å²) in [4.78, 5) is 24.1. The molecule has 1 aromatic heterocycles. The first-order valence-corrected chi connectivity index (χ1v) is 5.77. The summed E-state index contributed by atoms with van der Waals surface area (Å²) in [6.45, 7) is 1.56. The predicted octanol–water partition coefficient (Wildman–Crippen LogP) is 0.186. The molecular weight excluding hydrogens is 232 g/mol. The van der Waals surface area contributed by atoms with Crippen LogP contribution in [-0.4, -0.2) is 49.0 Å². The van der Waals surface area contributed by atoms with Gasteiger partial charge in [0.05, 0.1) is 5.69 Å². The van der Waals surface area contributed by atoms with E-state index in [1.807, 2.05) is 14.1 Å². The molecule has 6 nitrogen and oxygen atoms in total. The van der Waals surface area contributed by atoms with Crippen molar-refractivity contribution >= 4 is 18.0 Å². The fraction of sp³-hybridized carbons (Fsp3) is 0.500. The molecule has 2 amide bonds. The van der Waals surface area contributed by atoms with Crippen molar-refractivity contribution in [3.05, 3.63) is 18.0 Å². The summed E-state index contributed by atoms with van der Waals surface area (Å²) in [6.07, 6.45) is 4.14. The Hall–Kier alpha value is -1.82. The minimum absolute atomic E-state index is 0.143. The molecule has 1 radical (unpaired) electrons. The van der Waals surface area contributed by atoms with E-state index in [1.165, 1.54) is 0 Å². The molecule has 1 rings (SSSR count). The first-order chi connectivity index (χ1) is 8.54. The Bertz CT molecular complexity index is 412. The molecule has 0 aromatic carbocycles. The Morgan fingerprint density at radius 3 is 2.83 bits per heavy atom. The van der Waals surface area contributed by atoms with Crippen molar-refractivity contribution in [3.63, 3.8) is 0 Å². The van der Waals surface area contributed by atoms with Crippen molar-refractivity contribution in [2.24, 2.45) is 7.05 Å². The highest BCUT2D eigenvalue weighted by Crippen LogP contribution is 2.11. The molecule has 6 heteroatoms. The quantitative estimate of drug-likeness (QED) is 0.537. The summed E-state index contributed by atoms with van der Waals surface area (Å²) in [5.74, 6) is -0.143. The van der Waals surface area contributed by atoms with E-state index in [0.29, 0.717) is 17.9 Å². The Labute approximate surface area is 107 Å². The van der Waals surface area contributed by atoms with Crippen molar-refractivity contribution in [3.8, 4) is 0 Å². The van der Waals surface area contributed by atoms with Gasteiger partial charge < -0.3 is 20.1 Å². The van der Waals surface area contributed by atoms with E-state index in [9.17, 15) is 9.59 Å². The fourth-order valence-corrected chi connectivity index (χ4v) is 1.61. The number of nitrogens with one attached hydrogen (secondary N) is 2. The molecule has 0 aliphatic rings. The largest absolute Gasteiger partial charge is 0.351 e. The topological polar surface area (TPSA) is 66.4 Å². The predicted molar refractivity (Wildman–Crippen MR) is 70.2 cm³/mol. The van der Waals surface area contributed by atoms with Crippen molar-refractivity contribution in [2.75, 3.05) is 32.5 Å². The third-order valence-electron chi connectivity index (χ3n) is 2.50. The molecule has 0 atom stereocenters. The van der Waals surface area contributed by atoms with E-state index in [2.05, 4.69) is 15.5 Å². The van der Waals surface area contributed by atoms with Crippen molar-refractivity contribution in [1.29, 1.82) is 0 Å². The number of aromatic nitrogens is 1. The zero-order chi connectivity index (χ0) is 13.5. The smallest absolute Gasteiger partial charge is 0.314 e. The van der Waals surface area contributed by atoms with Gasteiger partial charge in [-0.3, -0.25) is 9.59 Å². The summed E-state index contributed by atoms with van der Waals surface area (Å²) in [5.41, 5.74) is 1.07. The number of hydrogen-bond donors (Lipinski definition) is 2. The lowest BCUT2D eigenvalue weighted by atomic mass is 10.3. The van der Waals surface area contributed by atoms with E-state index in [-0.39, 0.29) is 5.91 Å². The molecule has 1 aromatic rings. The molecule has 0 fully saturated rings. The lowest BCUT2D eigenvalue weighted by Gasteiger charge is -2.10. The maximum atomic E-state index is 11.9. The molecule has 1 heterocycles. The van der Waals surface area contributed by atoms with Gasteiger partial charge in [0.15, 0.2) is 0 Å². The summed E-state index contributed by atoms with van der Waals surface area (Å²) in [5, 5.41) is 5.23. The minimum Gasteiger partial charge on any atom is -0.351 e. The van der Waals surface area contributed by atoms with Gasteiger partial charge in [-0.05, 0) is 33.1 Å². The first kappa shape index (κ1) is 14.2. The molecule has 0 spiro atoms. The Kier molecular flexibility index (Phi) is 5.38. The summed E-state index contributed by atoms with van der Waals surface area (Å²) in [7, 11) is 5.74. The Morgan fingerprint density at radius 2 is 2.22 bits per heavy atom. The molecule has 0 unspecified atom stereocenters. The highest BCUT2D eigenvalue weighted by Gasteiger charge is 2.10. The molecule has 0 bridgehead atoms. The van der Waals surface area contributed by atoms with Crippen LogP contribution in [0.4, 0.5) is 5.69 Å². The molecular formula is C12H19N4O2. The van der Waals surface area contributed by atoms with Gasteiger partial charge in [-0.2, -0.15) is 0 Å². The lowest BCUT2D eigenvalue weighted by molar-refractivity contribution is 0.0944. The number of amides is 2. The monoisotopic (exact) mass is 251 g/mol. The van der Waals surface area contributed by atoms with E-state index < -0.39 is 0 Å². The number of hydrogen-bond acceptors (Lipinski definition) is 3. The van der Waals surface area contributed by atoms with Crippen LogP contribution >= 0.6 is 0 Å². The van der Waals surface area contributed by atoms with Gasteiger partial charge in [-0.1, -0.05) is 0 Å². The van der Waals surface area contributed by atoms with E-state index in [1.54, 1.807) is 30.3 Å². The van der Waals surface area contributed by atoms with Crippen molar-refractivity contribution < 1.29 is 9.59 Å². The molecule has 0 saturated heterocycles. The van der Waals surface area contributed by atoms with Crippen LogP contribution in [0.25, 0.3) is 0 Å². The third-order valence-corrected chi connectivity index (χ3v) is 2.50.